The van der Waals surface area contributed by atoms with Crippen LogP contribution in [-0.4, -0.2) is 30.0 Å². The van der Waals surface area contributed by atoms with Gasteiger partial charge in [0.25, 0.3) is 0 Å². The minimum absolute atomic E-state index is 0.170. The van der Waals surface area contributed by atoms with Crippen LogP contribution in [0.2, 0.25) is 0 Å². The van der Waals surface area contributed by atoms with E-state index in [0.29, 0.717) is 6.61 Å². The van der Waals surface area contributed by atoms with Crippen molar-refractivity contribution in [1.29, 1.82) is 0 Å². The molecule has 2 aromatic rings. The molecule has 0 bridgehead atoms. The molecule has 0 fully saturated rings. The molecule has 2 heterocycles. The van der Waals surface area contributed by atoms with Crippen molar-refractivity contribution in [3.05, 3.63) is 38.8 Å². The summed E-state index contributed by atoms with van der Waals surface area (Å²) < 4.78 is 8.22. The molecule has 0 aromatic carbocycles. The maximum Gasteiger partial charge on any atom is 0.0853 e. The molecule has 1 unspecified atom stereocenters. The lowest BCUT2D eigenvalue weighted by molar-refractivity contribution is 0.182. The number of halogens is 1. The van der Waals surface area contributed by atoms with Gasteiger partial charge in [-0.3, -0.25) is 4.68 Å². The number of aromatic nitrogens is 2. The first-order chi connectivity index (χ1) is 9.77. The Bertz CT molecular complexity index is 512. The van der Waals surface area contributed by atoms with Crippen LogP contribution in [0.1, 0.15) is 30.0 Å². The van der Waals surface area contributed by atoms with Crippen molar-refractivity contribution in [3.8, 4) is 0 Å². The zero-order valence-corrected chi connectivity index (χ0v) is 14.2. The molecule has 0 aliphatic rings. The maximum absolute atomic E-state index is 5.17. The number of ether oxygens (including phenoxy) is 1. The van der Waals surface area contributed by atoms with E-state index in [1.807, 2.05) is 10.9 Å². The molecular formula is C14H20BrN3OS. The fraction of sp³-hybridized carbons (Fsp3) is 0.500. The van der Waals surface area contributed by atoms with Crippen LogP contribution < -0.4 is 5.32 Å². The van der Waals surface area contributed by atoms with Crippen LogP contribution in [0, 0.1) is 0 Å². The Kier molecular flexibility index (Phi) is 6.22. The van der Waals surface area contributed by atoms with Gasteiger partial charge in [-0.25, -0.2) is 0 Å². The molecule has 0 saturated carbocycles. The molecule has 6 heteroatoms. The van der Waals surface area contributed by atoms with Crippen molar-refractivity contribution < 1.29 is 4.74 Å². The summed E-state index contributed by atoms with van der Waals surface area (Å²) in [7, 11) is 1.71. The van der Waals surface area contributed by atoms with Crippen molar-refractivity contribution in [1.82, 2.24) is 15.1 Å². The summed E-state index contributed by atoms with van der Waals surface area (Å²) in [6.07, 6.45) is 2.96. The van der Waals surface area contributed by atoms with Gasteiger partial charge in [-0.2, -0.15) is 5.10 Å². The Morgan fingerprint density at radius 3 is 3.05 bits per heavy atom. The number of nitrogens with zero attached hydrogens (tertiary/aromatic N) is 2. The normalized spacial score (nSPS) is 12.8. The lowest BCUT2D eigenvalue weighted by Gasteiger charge is -2.19. The van der Waals surface area contributed by atoms with Gasteiger partial charge in [-0.05, 0) is 40.3 Å². The fourth-order valence-corrected chi connectivity index (χ4v) is 3.42. The molecule has 0 spiro atoms. The molecule has 0 aliphatic heterocycles. The summed E-state index contributed by atoms with van der Waals surface area (Å²) in [4.78, 5) is 1.30. The van der Waals surface area contributed by atoms with Crippen molar-refractivity contribution >= 4 is 27.3 Å². The highest BCUT2D eigenvalue weighted by atomic mass is 79.9. The van der Waals surface area contributed by atoms with Crippen molar-refractivity contribution in [2.75, 3.05) is 20.3 Å². The number of hydrogen-bond donors (Lipinski definition) is 1. The molecule has 110 valence electrons. The minimum Gasteiger partial charge on any atom is -0.383 e. The van der Waals surface area contributed by atoms with Crippen molar-refractivity contribution in [3.63, 3.8) is 0 Å². The van der Waals surface area contributed by atoms with E-state index in [1.165, 1.54) is 4.88 Å². The molecule has 20 heavy (non-hydrogen) atoms. The van der Waals surface area contributed by atoms with E-state index >= 15 is 0 Å². The van der Waals surface area contributed by atoms with Crippen LogP contribution in [-0.2, 0) is 11.3 Å². The Hall–Kier alpha value is -0.690. The van der Waals surface area contributed by atoms with E-state index < -0.39 is 0 Å². The van der Waals surface area contributed by atoms with Gasteiger partial charge in [0.15, 0.2) is 0 Å². The minimum atomic E-state index is 0.170. The topological polar surface area (TPSA) is 39.1 Å². The average Bonchev–Trinajstić information content (AvgIpc) is 3.09. The number of methoxy groups -OCH3 is 1. The Morgan fingerprint density at radius 1 is 1.55 bits per heavy atom. The fourth-order valence-electron chi connectivity index (χ4n) is 2.09. The lowest BCUT2D eigenvalue weighted by Crippen LogP contribution is -2.26. The Labute approximate surface area is 132 Å². The van der Waals surface area contributed by atoms with Crippen LogP contribution in [0.5, 0.6) is 0 Å². The third-order valence-corrected chi connectivity index (χ3v) is 4.59. The van der Waals surface area contributed by atoms with Gasteiger partial charge in [-0.15, -0.1) is 11.3 Å². The maximum atomic E-state index is 5.17. The molecular weight excluding hydrogens is 338 g/mol. The summed E-state index contributed by atoms with van der Waals surface area (Å²) in [6.45, 7) is 4.57. The van der Waals surface area contributed by atoms with Crippen molar-refractivity contribution in [2.45, 2.75) is 25.9 Å². The van der Waals surface area contributed by atoms with Crippen LogP contribution in [0.25, 0.3) is 0 Å². The van der Waals surface area contributed by atoms with E-state index in [1.54, 1.807) is 18.4 Å². The average molecular weight is 358 g/mol. The Balaban J connectivity index is 2.30. The van der Waals surface area contributed by atoms with Crippen LogP contribution >= 0.6 is 27.3 Å². The van der Waals surface area contributed by atoms with Gasteiger partial charge in [0.05, 0.1) is 35.6 Å². The molecule has 0 saturated heterocycles. The predicted molar refractivity (Wildman–Crippen MR) is 86.3 cm³/mol. The highest BCUT2D eigenvalue weighted by Crippen LogP contribution is 2.31. The molecule has 1 atom stereocenters. The molecule has 0 amide bonds. The second kappa shape index (κ2) is 7.93. The van der Waals surface area contributed by atoms with Crippen LogP contribution in [0.4, 0.5) is 0 Å². The van der Waals surface area contributed by atoms with Gasteiger partial charge in [0, 0.05) is 12.0 Å². The largest absolute Gasteiger partial charge is 0.383 e. The molecule has 0 radical (unpaired) electrons. The quantitative estimate of drug-likeness (QED) is 0.786. The first-order valence-corrected chi connectivity index (χ1v) is 8.42. The van der Waals surface area contributed by atoms with Gasteiger partial charge >= 0.3 is 0 Å². The molecule has 4 nitrogen and oxygen atoms in total. The summed E-state index contributed by atoms with van der Waals surface area (Å²) in [5, 5.41) is 10.2. The first kappa shape index (κ1) is 15.7. The zero-order chi connectivity index (χ0) is 14.4. The monoisotopic (exact) mass is 357 g/mol. The van der Waals surface area contributed by atoms with Gasteiger partial charge < -0.3 is 10.1 Å². The summed E-state index contributed by atoms with van der Waals surface area (Å²) in [5.41, 5.74) is 1.16. The molecule has 2 rings (SSSR count). The second-order valence-corrected chi connectivity index (χ2v) is 6.33. The highest BCUT2D eigenvalue weighted by molar-refractivity contribution is 9.10. The van der Waals surface area contributed by atoms with E-state index in [4.69, 9.17) is 4.74 Å². The summed E-state index contributed by atoms with van der Waals surface area (Å²) in [6, 6.07) is 4.42. The predicted octanol–water partition coefficient (Wildman–Crippen LogP) is 3.44. The van der Waals surface area contributed by atoms with Crippen molar-refractivity contribution in [2.24, 2.45) is 0 Å². The van der Waals surface area contributed by atoms with Crippen LogP contribution in [0.15, 0.2) is 28.2 Å². The SMILES string of the molecule is CCCNC(c1cccs1)c1c(Br)cnn1CCOC. The number of hydrogen-bond acceptors (Lipinski definition) is 4. The van der Waals surface area contributed by atoms with E-state index in [0.717, 1.165) is 29.7 Å². The van der Waals surface area contributed by atoms with E-state index in [2.05, 4.69) is 50.8 Å². The third-order valence-electron chi connectivity index (χ3n) is 3.04. The molecule has 0 aliphatic carbocycles. The summed E-state index contributed by atoms with van der Waals surface area (Å²) in [5.74, 6) is 0. The number of thiophene rings is 1. The van der Waals surface area contributed by atoms with E-state index in [9.17, 15) is 0 Å². The van der Waals surface area contributed by atoms with Gasteiger partial charge in [-0.1, -0.05) is 13.0 Å². The third kappa shape index (κ3) is 3.69. The van der Waals surface area contributed by atoms with Crippen LogP contribution in [0.3, 0.4) is 0 Å². The summed E-state index contributed by atoms with van der Waals surface area (Å²) >= 11 is 5.39. The molecule has 2 aromatic heterocycles. The van der Waals surface area contributed by atoms with Gasteiger partial charge in [0.1, 0.15) is 0 Å². The standard InChI is InChI=1S/C14H20BrN3OS/c1-3-6-16-13(12-5-4-9-20-12)14-11(15)10-17-18(14)7-8-19-2/h4-5,9-10,13,16H,3,6-8H2,1-2H3. The first-order valence-electron chi connectivity index (χ1n) is 6.74. The highest BCUT2D eigenvalue weighted by Gasteiger charge is 2.22. The Morgan fingerprint density at radius 2 is 2.40 bits per heavy atom. The second-order valence-electron chi connectivity index (χ2n) is 4.50. The smallest absolute Gasteiger partial charge is 0.0853 e. The number of rotatable bonds is 8. The lowest BCUT2D eigenvalue weighted by atomic mass is 10.1. The number of nitrogens with one attached hydrogen (secondary N) is 1. The zero-order valence-electron chi connectivity index (χ0n) is 11.8. The van der Waals surface area contributed by atoms with E-state index in [-0.39, 0.29) is 6.04 Å². The molecule has 1 N–H and O–H groups in total. The van der Waals surface area contributed by atoms with Gasteiger partial charge in [0.2, 0.25) is 0 Å².